The van der Waals surface area contributed by atoms with E-state index < -0.39 is 0 Å². The molecule has 3 rings (SSSR count). The summed E-state index contributed by atoms with van der Waals surface area (Å²) in [6, 6.07) is 17.0. The van der Waals surface area contributed by atoms with E-state index in [9.17, 15) is 4.79 Å². The fourth-order valence-corrected chi connectivity index (χ4v) is 3.01. The van der Waals surface area contributed by atoms with Crippen LogP contribution in [0.4, 0.5) is 0 Å². The van der Waals surface area contributed by atoms with Crippen LogP contribution in [0, 0.1) is 17.2 Å². The Hall–Kier alpha value is -2.80. The van der Waals surface area contributed by atoms with Crippen molar-refractivity contribution in [2.45, 2.75) is 32.4 Å². The fourth-order valence-electron chi connectivity index (χ4n) is 3.01. The first-order valence-electron chi connectivity index (χ1n) is 8.56. The number of carbonyl (C=O) groups excluding carboxylic acids is 1. The maximum absolute atomic E-state index is 13.1. The van der Waals surface area contributed by atoms with Gasteiger partial charge in [0.05, 0.1) is 18.7 Å². The molecule has 0 spiro atoms. The summed E-state index contributed by atoms with van der Waals surface area (Å²) < 4.78 is 5.20. The summed E-state index contributed by atoms with van der Waals surface area (Å²) in [6.07, 6.45) is 2.36. The van der Waals surface area contributed by atoms with Crippen molar-refractivity contribution in [2.24, 2.45) is 5.92 Å². The van der Waals surface area contributed by atoms with E-state index in [1.54, 1.807) is 31.4 Å². The van der Waals surface area contributed by atoms with E-state index >= 15 is 0 Å². The number of hydrogen-bond donors (Lipinski definition) is 0. The predicted molar refractivity (Wildman–Crippen MR) is 96.2 cm³/mol. The third-order valence-electron chi connectivity index (χ3n) is 4.83. The largest absolute Gasteiger partial charge is 0.497 e. The van der Waals surface area contributed by atoms with E-state index in [0.29, 0.717) is 23.6 Å². The average molecular weight is 334 g/mol. The lowest BCUT2D eigenvalue weighted by molar-refractivity contribution is 0.0654. The first kappa shape index (κ1) is 17.0. The lowest BCUT2D eigenvalue weighted by atomic mass is 10.1. The van der Waals surface area contributed by atoms with Gasteiger partial charge in [0, 0.05) is 18.2 Å². The minimum absolute atomic E-state index is 0.0136. The lowest BCUT2D eigenvalue weighted by Crippen LogP contribution is -2.39. The van der Waals surface area contributed by atoms with Gasteiger partial charge in [-0.1, -0.05) is 12.1 Å². The second-order valence-corrected chi connectivity index (χ2v) is 6.55. The Balaban J connectivity index is 1.82. The highest BCUT2D eigenvalue weighted by atomic mass is 16.5. The molecule has 1 aliphatic carbocycles. The summed E-state index contributed by atoms with van der Waals surface area (Å²) in [5.41, 5.74) is 2.27. The topological polar surface area (TPSA) is 53.3 Å². The number of methoxy groups -OCH3 is 1. The Morgan fingerprint density at radius 2 is 1.84 bits per heavy atom. The Bertz CT molecular complexity index is 771. The third kappa shape index (κ3) is 4.00. The van der Waals surface area contributed by atoms with Crippen molar-refractivity contribution < 1.29 is 9.53 Å². The van der Waals surface area contributed by atoms with E-state index in [0.717, 1.165) is 11.3 Å². The van der Waals surface area contributed by atoms with Crippen molar-refractivity contribution in [1.82, 2.24) is 4.90 Å². The molecule has 0 heterocycles. The van der Waals surface area contributed by atoms with E-state index in [-0.39, 0.29) is 11.9 Å². The molecule has 4 heteroatoms. The molecule has 0 bridgehead atoms. The van der Waals surface area contributed by atoms with Crippen LogP contribution in [-0.2, 0) is 6.54 Å². The van der Waals surface area contributed by atoms with Gasteiger partial charge in [0.25, 0.3) is 5.91 Å². The summed E-state index contributed by atoms with van der Waals surface area (Å²) in [4.78, 5) is 15.0. The highest BCUT2D eigenvalue weighted by Gasteiger charge is 2.34. The quantitative estimate of drug-likeness (QED) is 0.802. The van der Waals surface area contributed by atoms with E-state index in [1.165, 1.54) is 12.8 Å². The van der Waals surface area contributed by atoms with Gasteiger partial charge in [0.2, 0.25) is 0 Å². The summed E-state index contributed by atoms with van der Waals surface area (Å²) >= 11 is 0. The van der Waals surface area contributed by atoms with Gasteiger partial charge in [-0.25, -0.2) is 0 Å². The Kier molecular flexibility index (Phi) is 5.04. The van der Waals surface area contributed by atoms with E-state index in [2.05, 4.69) is 13.0 Å². The van der Waals surface area contributed by atoms with Crippen LogP contribution >= 0.6 is 0 Å². The van der Waals surface area contributed by atoms with Crippen molar-refractivity contribution in [3.63, 3.8) is 0 Å². The summed E-state index contributed by atoms with van der Waals surface area (Å²) in [7, 11) is 1.64. The second kappa shape index (κ2) is 7.40. The fraction of sp³-hybridized carbons (Fsp3) is 0.333. The van der Waals surface area contributed by atoms with Gasteiger partial charge in [-0.3, -0.25) is 4.79 Å². The SMILES string of the molecule is COc1ccc(CN(C(=O)c2ccc(C#N)cc2)[C@H](C)C2CC2)cc1. The van der Waals surface area contributed by atoms with Crippen LogP contribution in [0.15, 0.2) is 48.5 Å². The molecule has 0 unspecified atom stereocenters. The Labute approximate surface area is 148 Å². The zero-order valence-electron chi connectivity index (χ0n) is 14.6. The molecule has 4 nitrogen and oxygen atoms in total. The third-order valence-corrected chi connectivity index (χ3v) is 4.83. The molecule has 2 aromatic rings. The molecule has 2 aromatic carbocycles. The smallest absolute Gasteiger partial charge is 0.254 e. The Morgan fingerprint density at radius 1 is 1.20 bits per heavy atom. The molecule has 0 aliphatic heterocycles. The maximum Gasteiger partial charge on any atom is 0.254 e. The van der Waals surface area contributed by atoms with Crippen LogP contribution in [0.3, 0.4) is 0 Å². The molecular weight excluding hydrogens is 312 g/mol. The summed E-state index contributed by atoms with van der Waals surface area (Å²) in [5.74, 6) is 1.41. The molecule has 0 radical (unpaired) electrons. The van der Waals surface area contributed by atoms with E-state index in [1.807, 2.05) is 29.2 Å². The van der Waals surface area contributed by atoms with Gasteiger partial charge in [0.1, 0.15) is 5.75 Å². The van der Waals surface area contributed by atoms with Crippen LogP contribution in [-0.4, -0.2) is 24.0 Å². The molecule has 0 aromatic heterocycles. The van der Waals surface area contributed by atoms with Crippen molar-refractivity contribution in [1.29, 1.82) is 5.26 Å². The molecule has 128 valence electrons. The maximum atomic E-state index is 13.1. The first-order chi connectivity index (χ1) is 12.1. The minimum Gasteiger partial charge on any atom is -0.497 e. The van der Waals surface area contributed by atoms with Crippen LogP contribution in [0.25, 0.3) is 0 Å². The second-order valence-electron chi connectivity index (χ2n) is 6.55. The van der Waals surface area contributed by atoms with Gasteiger partial charge in [-0.2, -0.15) is 5.26 Å². The number of hydrogen-bond acceptors (Lipinski definition) is 3. The van der Waals surface area contributed by atoms with Crippen molar-refractivity contribution >= 4 is 5.91 Å². The van der Waals surface area contributed by atoms with Crippen LogP contribution in [0.1, 0.15) is 41.3 Å². The highest BCUT2D eigenvalue weighted by molar-refractivity contribution is 5.94. The number of carbonyl (C=O) groups is 1. The molecule has 1 fully saturated rings. The molecule has 0 saturated heterocycles. The molecule has 1 saturated carbocycles. The predicted octanol–water partition coefficient (Wildman–Crippen LogP) is 4.01. The monoisotopic (exact) mass is 334 g/mol. The standard InChI is InChI=1S/C21H22N2O2/c1-15(18-9-10-18)23(14-17-5-11-20(25-2)12-6-17)21(24)19-7-3-16(13-22)4-8-19/h3-8,11-12,15,18H,9-10,14H2,1-2H3/t15-/m1/s1. The molecular formula is C21H22N2O2. The molecule has 1 atom stereocenters. The normalized spacial score (nSPS) is 14.4. The van der Waals surface area contributed by atoms with Gasteiger partial charge < -0.3 is 9.64 Å². The number of benzene rings is 2. The highest BCUT2D eigenvalue weighted by Crippen LogP contribution is 2.36. The summed E-state index contributed by atoms with van der Waals surface area (Å²) in [5, 5.41) is 8.93. The van der Waals surface area contributed by atoms with Gasteiger partial charge in [-0.05, 0) is 67.6 Å². The van der Waals surface area contributed by atoms with Crippen molar-refractivity contribution in [3.8, 4) is 11.8 Å². The molecule has 0 N–H and O–H groups in total. The molecule has 1 amide bonds. The number of nitriles is 1. The van der Waals surface area contributed by atoms with Gasteiger partial charge >= 0.3 is 0 Å². The lowest BCUT2D eigenvalue weighted by Gasteiger charge is -2.30. The van der Waals surface area contributed by atoms with E-state index in [4.69, 9.17) is 10.00 Å². The van der Waals surface area contributed by atoms with Crippen LogP contribution in [0.5, 0.6) is 5.75 Å². The Morgan fingerprint density at radius 3 is 2.36 bits per heavy atom. The first-order valence-corrected chi connectivity index (χ1v) is 8.56. The van der Waals surface area contributed by atoms with Crippen LogP contribution in [0.2, 0.25) is 0 Å². The zero-order valence-corrected chi connectivity index (χ0v) is 14.6. The molecule has 1 aliphatic rings. The average Bonchev–Trinajstić information content (AvgIpc) is 3.51. The zero-order chi connectivity index (χ0) is 17.8. The number of ether oxygens (including phenoxy) is 1. The minimum atomic E-state index is 0.0136. The van der Waals surface area contributed by atoms with Gasteiger partial charge in [-0.15, -0.1) is 0 Å². The van der Waals surface area contributed by atoms with Crippen molar-refractivity contribution in [3.05, 3.63) is 65.2 Å². The summed E-state index contributed by atoms with van der Waals surface area (Å²) in [6.45, 7) is 2.70. The van der Waals surface area contributed by atoms with Crippen molar-refractivity contribution in [2.75, 3.05) is 7.11 Å². The number of rotatable bonds is 6. The number of nitrogens with zero attached hydrogens (tertiary/aromatic N) is 2. The molecule has 25 heavy (non-hydrogen) atoms. The van der Waals surface area contributed by atoms with Gasteiger partial charge in [0.15, 0.2) is 0 Å². The van der Waals surface area contributed by atoms with Crippen LogP contribution < -0.4 is 4.74 Å². The number of amides is 1.